The molecule has 2 aromatic heterocycles. The number of nitrogens with one attached hydrogen (secondary N) is 1. The summed E-state index contributed by atoms with van der Waals surface area (Å²) in [4.78, 5) is 4.25. The molecule has 1 unspecified atom stereocenters. The summed E-state index contributed by atoms with van der Waals surface area (Å²) in [5.74, 6) is 0.299. The van der Waals surface area contributed by atoms with Crippen molar-refractivity contribution in [3.8, 4) is 22.8 Å². The Balaban J connectivity index is 2.02. The Labute approximate surface area is 131 Å². The number of aliphatic hydroxyl groups is 2. The Kier molecular flexibility index (Phi) is 4.18. The van der Waals surface area contributed by atoms with Crippen LogP contribution in [0.5, 0.6) is 0 Å². The lowest BCUT2D eigenvalue weighted by Crippen LogP contribution is -2.06. The maximum absolute atomic E-state index is 13.8. The van der Waals surface area contributed by atoms with Crippen LogP contribution in [0.25, 0.3) is 22.8 Å². The van der Waals surface area contributed by atoms with E-state index >= 15 is 0 Å². The van der Waals surface area contributed by atoms with Crippen molar-refractivity contribution in [2.75, 3.05) is 6.61 Å². The molecule has 7 nitrogen and oxygen atoms in total. The number of hydrogen-bond donors (Lipinski definition) is 3. The first-order valence-corrected chi connectivity index (χ1v) is 7.14. The van der Waals surface area contributed by atoms with Crippen molar-refractivity contribution in [2.24, 2.45) is 0 Å². The maximum Gasteiger partial charge on any atom is 0.179 e. The van der Waals surface area contributed by atoms with Gasteiger partial charge in [-0.1, -0.05) is 12.1 Å². The van der Waals surface area contributed by atoms with Crippen LogP contribution >= 0.6 is 0 Å². The summed E-state index contributed by atoms with van der Waals surface area (Å²) < 4.78 is 15.3. The SMILES string of the molecule is CC(O)c1nc(-c2cc(-c3ccccc3F)n[nH]2)n(CCO)n1. The Hall–Kier alpha value is -2.58. The molecule has 3 N–H and O–H groups in total. The highest BCUT2D eigenvalue weighted by Gasteiger charge is 2.18. The van der Waals surface area contributed by atoms with Crippen molar-refractivity contribution in [2.45, 2.75) is 19.6 Å². The highest BCUT2D eigenvalue weighted by atomic mass is 19.1. The fourth-order valence-corrected chi connectivity index (χ4v) is 2.23. The van der Waals surface area contributed by atoms with Gasteiger partial charge in [-0.25, -0.2) is 14.1 Å². The second kappa shape index (κ2) is 6.27. The van der Waals surface area contributed by atoms with E-state index in [1.807, 2.05) is 0 Å². The van der Waals surface area contributed by atoms with Crippen LogP contribution in [0.3, 0.4) is 0 Å². The number of halogens is 1. The zero-order chi connectivity index (χ0) is 16.4. The second-order valence-electron chi connectivity index (χ2n) is 5.06. The number of H-pyrrole nitrogens is 1. The van der Waals surface area contributed by atoms with Gasteiger partial charge in [0.2, 0.25) is 0 Å². The van der Waals surface area contributed by atoms with Gasteiger partial charge < -0.3 is 10.2 Å². The molecule has 2 heterocycles. The molecule has 0 fully saturated rings. The van der Waals surface area contributed by atoms with E-state index in [4.69, 9.17) is 5.11 Å². The molecule has 0 saturated carbocycles. The molecule has 8 heteroatoms. The summed E-state index contributed by atoms with van der Waals surface area (Å²) in [5, 5.41) is 29.8. The minimum atomic E-state index is -0.831. The standard InChI is InChI=1S/C15H16FN5O2/c1-9(23)14-17-15(21(20-14)6-7-22)13-8-12(18-19-13)10-4-2-3-5-11(10)16/h2-5,8-9,22-23H,6-7H2,1H3,(H,18,19). The van der Waals surface area contributed by atoms with E-state index in [-0.39, 0.29) is 24.8 Å². The predicted octanol–water partition coefficient (Wildman–Crippen LogP) is 1.52. The van der Waals surface area contributed by atoms with Gasteiger partial charge in [-0.05, 0) is 25.1 Å². The summed E-state index contributed by atoms with van der Waals surface area (Å²) in [5.41, 5.74) is 1.34. The molecule has 0 aliphatic heterocycles. The topological polar surface area (TPSA) is 99.9 Å². The number of rotatable bonds is 5. The van der Waals surface area contributed by atoms with Crippen molar-refractivity contribution in [1.29, 1.82) is 0 Å². The molecule has 0 aliphatic carbocycles. The van der Waals surface area contributed by atoms with E-state index in [1.54, 1.807) is 31.2 Å². The van der Waals surface area contributed by atoms with Crippen molar-refractivity contribution < 1.29 is 14.6 Å². The zero-order valence-corrected chi connectivity index (χ0v) is 12.4. The molecule has 1 atom stereocenters. The first-order chi connectivity index (χ1) is 11.1. The van der Waals surface area contributed by atoms with Crippen LogP contribution < -0.4 is 0 Å². The summed E-state index contributed by atoms with van der Waals surface area (Å²) in [7, 11) is 0. The van der Waals surface area contributed by atoms with Gasteiger partial charge in [0.15, 0.2) is 11.6 Å². The second-order valence-corrected chi connectivity index (χ2v) is 5.06. The third-order valence-corrected chi connectivity index (χ3v) is 3.34. The highest BCUT2D eigenvalue weighted by Crippen LogP contribution is 2.25. The number of aromatic nitrogens is 5. The Bertz CT molecular complexity index is 812. The lowest BCUT2D eigenvalue weighted by molar-refractivity contribution is 0.187. The molecule has 3 rings (SSSR count). The fourth-order valence-electron chi connectivity index (χ4n) is 2.23. The molecule has 23 heavy (non-hydrogen) atoms. The third-order valence-electron chi connectivity index (χ3n) is 3.34. The van der Waals surface area contributed by atoms with Crippen molar-refractivity contribution >= 4 is 0 Å². The summed E-state index contributed by atoms with van der Waals surface area (Å²) in [6.45, 7) is 1.66. The molecule has 1 aromatic carbocycles. The first kappa shape index (κ1) is 15.3. The monoisotopic (exact) mass is 317 g/mol. The van der Waals surface area contributed by atoms with Crippen molar-refractivity contribution in [1.82, 2.24) is 25.0 Å². The highest BCUT2D eigenvalue weighted by molar-refractivity contribution is 5.65. The van der Waals surface area contributed by atoms with E-state index in [9.17, 15) is 9.50 Å². The molecule has 0 amide bonds. The molecule has 0 aliphatic rings. The van der Waals surface area contributed by atoms with Crippen molar-refractivity contribution in [3.63, 3.8) is 0 Å². The van der Waals surface area contributed by atoms with Crippen LogP contribution in [0.2, 0.25) is 0 Å². The fraction of sp³-hybridized carbons (Fsp3) is 0.267. The summed E-state index contributed by atoms with van der Waals surface area (Å²) >= 11 is 0. The molecular formula is C15H16FN5O2. The first-order valence-electron chi connectivity index (χ1n) is 7.14. The molecule has 0 bridgehead atoms. The van der Waals surface area contributed by atoms with Gasteiger partial charge in [-0.3, -0.25) is 5.10 Å². The largest absolute Gasteiger partial charge is 0.394 e. The lowest BCUT2D eigenvalue weighted by atomic mass is 10.1. The van der Waals surface area contributed by atoms with E-state index in [0.717, 1.165) is 0 Å². The molecule has 0 radical (unpaired) electrons. The average molecular weight is 317 g/mol. The minimum Gasteiger partial charge on any atom is -0.394 e. The average Bonchev–Trinajstić information content (AvgIpc) is 3.15. The van der Waals surface area contributed by atoms with E-state index in [1.165, 1.54) is 10.7 Å². The molecule has 0 saturated heterocycles. The van der Waals surface area contributed by atoms with Crippen LogP contribution in [0.1, 0.15) is 18.9 Å². The summed E-state index contributed by atoms with van der Waals surface area (Å²) in [6.07, 6.45) is -0.831. The van der Waals surface area contributed by atoms with Gasteiger partial charge in [-0.15, -0.1) is 0 Å². The van der Waals surface area contributed by atoms with Crippen molar-refractivity contribution in [3.05, 3.63) is 42.0 Å². The maximum atomic E-state index is 13.8. The van der Waals surface area contributed by atoms with Crippen LogP contribution in [-0.4, -0.2) is 41.8 Å². The Morgan fingerprint density at radius 2 is 2.13 bits per heavy atom. The number of nitrogens with zero attached hydrogens (tertiary/aromatic N) is 4. The smallest absolute Gasteiger partial charge is 0.179 e. The van der Waals surface area contributed by atoms with Gasteiger partial charge in [0.1, 0.15) is 17.6 Å². The normalized spacial score (nSPS) is 12.5. The number of benzene rings is 1. The van der Waals surface area contributed by atoms with Crippen LogP contribution in [0, 0.1) is 5.82 Å². The van der Waals surface area contributed by atoms with E-state index in [2.05, 4.69) is 20.3 Å². The van der Waals surface area contributed by atoms with E-state index < -0.39 is 6.10 Å². The van der Waals surface area contributed by atoms with Gasteiger partial charge in [0.05, 0.1) is 18.8 Å². The van der Waals surface area contributed by atoms with E-state index in [0.29, 0.717) is 22.8 Å². The third kappa shape index (κ3) is 2.99. The molecular weight excluding hydrogens is 301 g/mol. The zero-order valence-electron chi connectivity index (χ0n) is 12.4. The number of hydrogen-bond acceptors (Lipinski definition) is 5. The van der Waals surface area contributed by atoms with Gasteiger partial charge in [0, 0.05) is 5.56 Å². The minimum absolute atomic E-state index is 0.121. The Morgan fingerprint density at radius 3 is 2.83 bits per heavy atom. The molecule has 3 aromatic rings. The number of aromatic amines is 1. The molecule has 120 valence electrons. The number of aliphatic hydroxyl groups excluding tert-OH is 2. The van der Waals surface area contributed by atoms with Crippen LogP contribution in [-0.2, 0) is 6.54 Å². The Morgan fingerprint density at radius 1 is 1.35 bits per heavy atom. The molecule has 0 spiro atoms. The van der Waals surface area contributed by atoms with Crippen LogP contribution in [0.15, 0.2) is 30.3 Å². The van der Waals surface area contributed by atoms with Crippen LogP contribution in [0.4, 0.5) is 4.39 Å². The summed E-state index contributed by atoms with van der Waals surface area (Å²) in [6, 6.07) is 7.99. The van der Waals surface area contributed by atoms with Gasteiger partial charge in [-0.2, -0.15) is 10.2 Å². The van der Waals surface area contributed by atoms with Gasteiger partial charge >= 0.3 is 0 Å². The predicted molar refractivity (Wildman–Crippen MR) is 80.7 cm³/mol. The van der Waals surface area contributed by atoms with Gasteiger partial charge in [0.25, 0.3) is 0 Å². The quantitative estimate of drug-likeness (QED) is 0.662. The lowest BCUT2D eigenvalue weighted by Gasteiger charge is -2.00.